The van der Waals surface area contributed by atoms with Crippen LogP contribution in [-0.2, 0) is 9.78 Å². The molecule has 0 atom stereocenters. The van der Waals surface area contributed by atoms with E-state index >= 15 is 0 Å². The van der Waals surface area contributed by atoms with E-state index in [1.54, 1.807) is 0 Å². The smallest absolute Gasteiger partial charge is 0.184 e. The maximum atomic E-state index is 11.6. The molecule has 9 heavy (non-hydrogen) atoms. The Balaban J connectivity index is 2.60. The van der Waals surface area contributed by atoms with Crippen molar-refractivity contribution < 1.29 is 22.9 Å². The van der Waals surface area contributed by atoms with Crippen molar-refractivity contribution in [2.45, 2.75) is 25.3 Å². The van der Waals surface area contributed by atoms with Crippen LogP contribution >= 0.6 is 0 Å². The Morgan fingerprint density at radius 2 is 1.78 bits per heavy atom. The van der Waals surface area contributed by atoms with Crippen molar-refractivity contribution in [2.24, 2.45) is 0 Å². The predicted molar refractivity (Wildman–Crippen MR) is 21.2 cm³/mol. The van der Waals surface area contributed by atoms with E-state index in [0.29, 0.717) is 0 Å². The summed E-state index contributed by atoms with van der Waals surface area (Å²) in [6.45, 7) is 1.35. The first-order valence-electron chi connectivity index (χ1n) is 2.45. The second kappa shape index (κ2) is 1.60. The van der Waals surface area contributed by atoms with E-state index in [-0.39, 0.29) is 6.42 Å². The van der Waals surface area contributed by atoms with Crippen LogP contribution in [0.5, 0.6) is 0 Å². The molecule has 0 aromatic heterocycles. The van der Waals surface area contributed by atoms with E-state index in [4.69, 9.17) is 0 Å². The third-order valence-corrected chi connectivity index (χ3v) is 1.18. The monoisotopic (exact) mass is 142 g/mol. The van der Waals surface area contributed by atoms with Crippen LogP contribution in [0.15, 0.2) is 0 Å². The molecule has 0 saturated carbocycles. The first-order valence-corrected chi connectivity index (χ1v) is 2.45. The topological polar surface area (TPSA) is 25.1 Å². The highest BCUT2D eigenvalue weighted by Gasteiger charge is 2.68. The van der Waals surface area contributed by atoms with Crippen molar-refractivity contribution in [3.63, 3.8) is 0 Å². The van der Waals surface area contributed by atoms with Gasteiger partial charge >= 0.3 is 12.0 Å². The maximum Gasteiger partial charge on any atom is 0.449 e. The van der Waals surface area contributed by atoms with Gasteiger partial charge in [0, 0.05) is 6.42 Å². The van der Waals surface area contributed by atoms with Crippen LogP contribution in [-0.4, -0.2) is 12.0 Å². The molecule has 1 heterocycles. The van der Waals surface area contributed by atoms with Gasteiger partial charge in [0.15, 0.2) is 0 Å². The number of rotatable bonds is 1. The molecule has 1 saturated heterocycles. The van der Waals surface area contributed by atoms with E-state index in [2.05, 4.69) is 9.78 Å². The van der Waals surface area contributed by atoms with E-state index < -0.39 is 12.0 Å². The standard InChI is InChI=1S/C4H5F3O2/c1-2-3(8-9-3)4(5,6)7/h2H2,1H3. The van der Waals surface area contributed by atoms with E-state index in [0.717, 1.165) is 0 Å². The summed E-state index contributed by atoms with van der Waals surface area (Å²) in [6, 6.07) is 0. The molecule has 0 aromatic rings. The molecule has 0 amide bonds. The molecule has 1 rings (SSSR count). The van der Waals surface area contributed by atoms with Gasteiger partial charge < -0.3 is 0 Å². The highest BCUT2D eigenvalue weighted by molar-refractivity contribution is 4.80. The first kappa shape index (κ1) is 6.82. The van der Waals surface area contributed by atoms with Crippen LogP contribution in [0.4, 0.5) is 13.2 Å². The zero-order chi connectivity index (χ0) is 7.12. The summed E-state index contributed by atoms with van der Waals surface area (Å²) in [7, 11) is 0. The zero-order valence-corrected chi connectivity index (χ0v) is 4.66. The van der Waals surface area contributed by atoms with Crippen molar-refractivity contribution >= 4 is 0 Å². The quantitative estimate of drug-likeness (QED) is 0.410. The summed E-state index contributed by atoms with van der Waals surface area (Å²) in [6.07, 6.45) is -4.59. The second-order valence-corrected chi connectivity index (χ2v) is 1.77. The lowest BCUT2D eigenvalue weighted by molar-refractivity contribution is -0.192. The Morgan fingerprint density at radius 3 is 1.78 bits per heavy atom. The molecular formula is C4H5F3O2. The van der Waals surface area contributed by atoms with Gasteiger partial charge in [-0.2, -0.15) is 22.9 Å². The van der Waals surface area contributed by atoms with Crippen LogP contribution in [0.1, 0.15) is 13.3 Å². The third-order valence-electron chi connectivity index (χ3n) is 1.18. The minimum atomic E-state index is -4.39. The van der Waals surface area contributed by atoms with Gasteiger partial charge in [-0.05, 0) is 0 Å². The van der Waals surface area contributed by atoms with Gasteiger partial charge in [-0.1, -0.05) is 6.92 Å². The predicted octanol–water partition coefficient (Wildman–Crippen LogP) is 1.62. The number of hydrogen-bond donors (Lipinski definition) is 0. The van der Waals surface area contributed by atoms with E-state index in [1.165, 1.54) is 6.92 Å². The number of hydrogen-bond acceptors (Lipinski definition) is 2. The molecule has 0 aromatic carbocycles. The average molecular weight is 142 g/mol. The van der Waals surface area contributed by atoms with Gasteiger partial charge in [-0.3, -0.25) is 0 Å². The van der Waals surface area contributed by atoms with Crippen LogP contribution < -0.4 is 0 Å². The molecule has 0 aliphatic carbocycles. The van der Waals surface area contributed by atoms with Crippen LogP contribution in [0.25, 0.3) is 0 Å². The molecule has 0 unspecified atom stereocenters. The Labute approximate surface area is 49.5 Å². The number of halogens is 3. The molecule has 1 aliphatic heterocycles. The van der Waals surface area contributed by atoms with Crippen LogP contribution in [0.3, 0.4) is 0 Å². The van der Waals surface area contributed by atoms with Gasteiger partial charge in [0.05, 0.1) is 0 Å². The molecule has 54 valence electrons. The second-order valence-electron chi connectivity index (χ2n) is 1.77. The summed E-state index contributed by atoms with van der Waals surface area (Å²) in [4.78, 5) is 7.57. The van der Waals surface area contributed by atoms with Gasteiger partial charge in [0.2, 0.25) is 0 Å². The van der Waals surface area contributed by atoms with Gasteiger partial charge in [-0.25, -0.2) is 0 Å². The average Bonchev–Trinajstić information content (AvgIpc) is 2.40. The molecule has 0 bridgehead atoms. The molecule has 5 heteroatoms. The van der Waals surface area contributed by atoms with Crippen molar-refractivity contribution in [3.8, 4) is 0 Å². The molecule has 0 radical (unpaired) electrons. The fraction of sp³-hybridized carbons (Fsp3) is 1.00. The van der Waals surface area contributed by atoms with Crippen LogP contribution in [0.2, 0.25) is 0 Å². The fourth-order valence-corrected chi connectivity index (χ4v) is 0.463. The Morgan fingerprint density at radius 1 is 1.33 bits per heavy atom. The van der Waals surface area contributed by atoms with Crippen molar-refractivity contribution in [2.75, 3.05) is 0 Å². The maximum absolute atomic E-state index is 11.6. The summed E-state index contributed by atoms with van der Waals surface area (Å²) < 4.78 is 34.9. The lowest BCUT2D eigenvalue weighted by Gasteiger charge is -2.07. The summed E-state index contributed by atoms with van der Waals surface area (Å²) in [5, 5.41) is 0. The Bertz CT molecular complexity index is 115. The molecular weight excluding hydrogens is 137 g/mol. The summed E-state index contributed by atoms with van der Waals surface area (Å²) in [5.74, 6) is -2.27. The highest BCUT2D eigenvalue weighted by atomic mass is 19.4. The minimum Gasteiger partial charge on any atom is -0.184 e. The largest absolute Gasteiger partial charge is 0.449 e. The molecule has 1 aliphatic rings. The van der Waals surface area contributed by atoms with Crippen molar-refractivity contribution in [1.82, 2.24) is 0 Å². The number of alkyl halides is 3. The van der Waals surface area contributed by atoms with Gasteiger partial charge in [0.1, 0.15) is 0 Å². The molecule has 1 fully saturated rings. The fourth-order valence-electron chi connectivity index (χ4n) is 0.463. The molecule has 2 nitrogen and oxygen atoms in total. The van der Waals surface area contributed by atoms with Crippen LogP contribution in [0, 0.1) is 0 Å². The lowest BCUT2D eigenvalue weighted by atomic mass is 10.2. The minimum absolute atomic E-state index is 0.198. The Kier molecular flexibility index (Phi) is 1.22. The normalized spacial score (nSPS) is 24.0. The lowest BCUT2D eigenvalue weighted by Crippen LogP contribution is -2.31. The molecule has 0 N–H and O–H groups in total. The molecule has 0 spiro atoms. The van der Waals surface area contributed by atoms with Crippen molar-refractivity contribution in [3.05, 3.63) is 0 Å². The Hall–Kier alpha value is -0.290. The zero-order valence-electron chi connectivity index (χ0n) is 4.66. The highest BCUT2D eigenvalue weighted by Crippen LogP contribution is 2.47. The first-order chi connectivity index (χ1) is 4.02. The van der Waals surface area contributed by atoms with E-state index in [1.807, 2.05) is 0 Å². The van der Waals surface area contributed by atoms with Gasteiger partial charge in [-0.15, -0.1) is 0 Å². The SMILES string of the molecule is CCC1(C(F)(F)F)OO1. The van der Waals surface area contributed by atoms with Gasteiger partial charge in [0.25, 0.3) is 0 Å². The summed E-state index contributed by atoms with van der Waals surface area (Å²) in [5.41, 5.74) is 0. The van der Waals surface area contributed by atoms with Crippen molar-refractivity contribution in [1.29, 1.82) is 0 Å². The third kappa shape index (κ3) is 0.900. The summed E-state index contributed by atoms with van der Waals surface area (Å²) >= 11 is 0. The van der Waals surface area contributed by atoms with E-state index in [9.17, 15) is 13.2 Å².